The molecule has 0 atom stereocenters. The van der Waals surface area contributed by atoms with Crippen molar-refractivity contribution >= 4 is 9.84 Å². The molecule has 4 aromatic carbocycles. The van der Waals surface area contributed by atoms with Crippen molar-refractivity contribution in [3.8, 4) is 17.2 Å². The van der Waals surface area contributed by atoms with Gasteiger partial charge in [-0.1, -0.05) is 69.7 Å². The van der Waals surface area contributed by atoms with Crippen molar-refractivity contribution in [2.45, 2.75) is 49.8 Å². The minimum Gasteiger partial charge on any atom is -0.497 e. The Morgan fingerprint density at radius 3 is 1.36 bits per heavy atom. The zero-order valence-electron chi connectivity index (χ0n) is 21.8. The van der Waals surface area contributed by atoms with Gasteiger partial charge in [0.1, 0.15) is 17.2 Å². The molecule has 0 N–H and O–H groups in total. The highest BCUT2D eigenvalue weighted by Crippen LogP contribution is 2.34. The number of hydrogen-bond donors (Lipinski definition) is 0. The lowest BCUT2D eigenvalue weighted by atomic mass is 9.78. The van der Waals surface area contributed by atoms with Crippen LogP contribution < -0.4 is 9.47 Å². The molecular formula is C31H34O4S. The molecule has 4 aromatic rings. The zero-order valence-corrected chi connectivity index (χ0v) is 22.6. The third kappa shape index (κ3) is 5.97. The summed E-state index contributed by atoms with van der Waals surface area (Å²) in [5.74, 6) is 2.09. The van der Waals surface area contributed by atoms with E-state index in [1.807, 2.05) is 45.0 Å². The molecule has 0 heterocycles. The van der Waals surface area contributed by atoms with Crippen molar-refractivity contribution in [2.75, 3.05) is 7.11 Å². The van der Waals surface area contributed by atoms with Gasteiger partial charge in [0.25, 0.3) is 0 Å². The first kappa shape index (κ1) is 27.0. The van der Waals surface area contributed by atoms with Crippen molar-refractivity contribution in [2.24, 2.45) is 0 Å². The van der Waals surface area contributed by atoms with Crippen LogP contribution in [-0.4, -0.2) is 15.5 Å². The average molecular weight is 503 g/mol. The summed E-state index contributed by atoms with van der Waals surface area (Å²) in [5, 5.41) is 0. The second-order valence-corrected chi connectivity index (χ2v) is 10.7. The van der Waals surface area contributed by atoms with Crippen LogP contribution in [0, 0.1) is 6.92 Å². The maximum Gasteiger partial charge on any atom is 0.206 e. The second kappa shape index (κ2) is 11.4. The van der Waals surface area contributed by atoms with Crippen molar-refractivity contribution in [3.63, 3.8) is 0 Å². The molecule has 5 heteroatoms. The molecule has 0 aliphatic rings. The molecule has 4 rings (SSSR count). The van der Waals surface area contributed by atoms with Crippen LogP contribution in [-0.2, 0) is 15.3 Å². The molecule has 0 saturated carbocycles. The van der Waals surface area contributed by atoms with Crippen molar-refractivity contribution in [3.05, 3.63) is 114 Å². The lowest BCUT2D eigenvalue weighted by Gasteiger charge is -2.26. The van der Waals surface area contributed by atoms with E-state index in [4.69, 9.17) is 9.47 Å². The van der Waals surface area contributed by atoms with Gasteiger partial charge in [-0.25, -0.2) is 8.42 Å². The highest BCUT2D eigenvalue weighted by Gasteiger charge is 2.23. The summed E-state index contributed by atoms with van der Waals surface area (Å²) in [6.07, 6.45) is 0. The summed E-state index contributed by atoms with van der Waals surface area (Å²) in [6.45, 7) is 10.3. The van der Waals surface area contributed by atoms with E-state index in [1.165, 1.54) is 5.56 Å². The van der Waals surface area contributed by atoms with Crippen LogP contribution in [0.4, 0.5) is 0 Å². The average Bonchev–Trinajstić information content (AvgIpc) is 2.91. The van der Waals surface area contributed by atoms with E-state index in [0.717, 1.165) is 16.9 Å². The predicted octanol–water partition coefficient (Wildman–Crippen LogP) is 7.98. The Balaban J connectivity index is 0.00000176. The summed E-state index contributed by atoms with van der Waals surface area (Å²) in [6, 6.07) is 29.4. The van der Waals surface area contributed by atoms with Crippen molar-refractivity contribution < 1.29 is 17.9 Å². The Kier molecular flexibility index (Phi) is 8.59. The standard InChI is InChI=1S/C29H28O4S.C2H6/c1-21-5-17-27(18-6-21)34(30,31)28-19-15-26(16-20-28)33-25-13-9-23(10-14-25)29(2,3)22-7-11-24(32-4)12-8-22;1-2/h5-20H,1-4H3;1-2H3. The number of ether oxygens (including phenoxy) is 2. The third-order valence-electron chi connectivity index (χ3n) is 6.09. The van der Waals surface area contributed by atoms with Crippen molar-refractivity contribution in [1.29, 1.82) is 0 Å². The monoisotopic (exact) mass is 502 g/mol. The fourth-order valence-corrected chi connectivity index (χ4v) is 5.05. The topological polar surface area (TPSA) is 52.6 Å². The van der Waals surface area contributed by atoms with Gasteiger partial charge in [0.2, 0.25) is 9.84 Å². The van der Waals surface area contributed by atoms with E-state index < -0.39 is 9.84 Å². The molecule has 0 unspecified atom stereocenters. The summed E-state index contributed by atoms with van der Waals surface area (Å²) >= 11 is 0. The molecule has 36 heavy (non-hydrogen) atoms. The molecule has 0 bridgehead atoms. The Morgan fingerprint density at radius 2 is 0.944 bits per heavy atom. The normalized spacial score (nSPS) is 11.3. The summed E-state index contributed by atoms with van der Waals surface area (Å²) in [4.78, 5) is 0.516. The van der Waals surface area contributed by atoms with Gasteiger partial charge in [-0.15, -0.1) is 0 Å². The third-order valence-corrected chi connectivity index (χ3v) is 7.87. The first-order chi connectivity index (χ1) is 17.2. The number of benzene rings is 4. The molecule has 0 aliphatic carbocycles. The quantitative estimate of drug-likeness (QED) is 0.257. The zero-order chi connectivity index (χ0) is 26.3. The van der Waals surface area contributed by atoms with E-state index in [-0.39, 0.29) is 15.2 Å². The maximum atomic E-state index is 12.9. The van der Waals surface area contributed by atoms with Gasteiger partial charge in [-0.3, -0.25) is 0 Å². The van der Waals surface area contributed by atoms with Gasteiger partial charge in [0.15, 0.2) is 0 Å². The number of methoxy groups -OCH3 is 1. The highest BCUT2D eigenvalue weighted by molar-refractivity contribution is 7.91. The number of hydrogen-bond acceptors (Lipinski definition) is 4. The molecule has 0 spiro atoms. The largest absolute Gasteiger partial charge is 0.497 e. The maximum absolute atomic E-state index is 12.9. The summed E-state index contributed by atoms with van der Waals surface area (Å²) < 4.78 is 36.9. The molecule has 0 radical (unpaired) electrons. The smallest absolute Gasteiger partial charge is 0.206 e. The summed E-state index contributed by atoms with van der Waals surface area (Å²) in [7, 11) is -1.90. The molecule has 0 amide bonds. The van der Waals surface area contributed by atoms with Crippen LogP contribution >= 0.6 is 0 Å². The first-order valence-electron chi connectivity index (χ1n) is 12.0. The lowest BCUT2D eigenvalue weighted by Crippen LogP contribution is -2.18. The van der Waals surface area contributed by atoms with E-state index in [9.17, 15) is 8.42 Å². The molecule has 0 saturated heterocycles. The second-order valence-electron chi connectivity index (χ2n) is 8.77. The van der Waals surface area contributed by atoms with Crippen LogP contribution in [0.1, 0.15) is 44.4 Å². The van der Waals surface area contributed by atoms with Gasteiger partial charge in [-0.2, -0.15) is 0 Å². The molecule has 188 valence electrons. The highest BCUT2D eigenvalue weighted by atomic mass is 32.2. The number of rotatable bonds is 7. The number of sulfone groups is 1. The van der Waals surface area contributed by atoms with Crippen LogP contribution in [0.25, 0.3) is 0 Å². The molecular weight excluding hydrogens is 468 g/mol. The lowest BCUT2D eigenvalue weighted by molar-refractivity contribution is 0.414. The van der Waals surface area contributed by atoms with Crippen LogP contribution in [0.5, 0.6) is 17.2 Å². The van der Waals surface area contributed by atoms with Gasteiger partial charge < -0.3 is 9.47 Å². The van der Waals surface area contributed by atoms with Gasteiger partial charge in [-0.05, 0) is 78.7 Å². The van der Waals surface area contributed by atoms with Gasteiger partial charge >= 0.3 is 0 Å². The van der Waals surface area contributed by atoms with Gasteiger partial charge in [0, 0.05) is 5.41 Å². The van der Waals surface area contributed by atoms with Gasteiger partial charge in [0.05, 0.1) is 16.9 Å². The fraction of sp³-hybridized carbons (Fsp3) is 0.226. The van der Waals surface area contributed by atoms with Crippen LogP contribution in [0.3, 0.4) is 0 Å². The Hall–Kier alpha value is -3.57. The fourth-order valence-electron chi connectivity index (χ4n) is 3.79. The predicted molar refractivity (Wildman–Crippen MR) is 146 cm³/mol. The number of aryl methyl sites for hydroxylation is 1. The molecule has 0 fully saturated rings. The SMILES string of the molecule is CC.COc1ccc(C(C)(C)c2ccc(Oc3ccc(S(=O)(=O)c4ccc(C)cc4)cc3)cc2)cc1. The molecule has 0 aliphatic heterocycles. The Labute approximate surface area is 215 Å². The minimum atomic E-state index is -3.56. The van der Waals surface area contributed by atoms with Crippen molar-refractivity contribution in [1.82, 2.24) is 0 Å². The van der Waals surface area contributed by atoms with E-state index in [0.29, 0.717) is 11.5 Å². The summed E-state index contributed by atoms with van der Waals surface area (Å²) in [5.41, 5.74) is 3.18. The van der Waals surface area contributed by atoms with Crippen LogP contribution in [0.15, 0.2) is 107 Å². The Morgan fingerprint density at radius 1 is 0.583 bits per heavy atom. The van der Waals surface area contributed by atoms with E-state index in [1.54, 1.807) is 55.6 Å². The van der Waals surface area contributed by atoms with E-state index >= 15 is 0 Å². The van der Waals surface area contributed by atoms with E-state index in [2.05, 4.69) is 38.1 Å². The first-order valence-corrected chi connectivity index (χ1v) is 13.5. The minimum absolute atomic E-state index is 0.184. The van der Waals surface area contributed by atoms with Crippen LogP contribution in [0.2, 0.25) is 0 Å². The molecule has 4 nitrogen and oxygen atoms in total. The Bertz CT molecular complexity index is 1350. The molecule has 0 aromatic heterocycles.